The highest BCUT2D eigenvalue weighted by molar-refractivity contribution is 5.35. The van der Waals surface area contributed by atoms with Gasteiger partial charge in [-0.3, -0.25) is 0 Å². The standard InChI is InChI=1S/C17H19NO2/c1-2-5-14(6-3-1)19-15-8-10-16(11-9-15)20-17-7-4-12-18-13-17/h1-3,5-6,8-11,17-18H,4,7,12-13H2/t17-/m1/s1. The fourth-order valence-electron chi connectivity index (χ4n) is 2.32. The fourth-order valence-corrected chi connectivity index (χ4v) is 2.32. The first-order valence-corrected chi connectivity index (χ1v) is 7.10. The summed E-state index contributed by atoms with van der Waals surface area (Å²) in [6, 6.07) is 17.6. The van der Waals surface area contributed by atoms with E-state index in [0.717, 1.165) is 36.8 Å². The highest BCUT2D eigenvalue weighted by Gasteiger charge is 2.14. The Morgan fingerprint density at radius 3 is 2.25 bits per heavy atom. The molecule has 1 heterocycles. The Morgan fingerprint density at radius 1 is 0.850 bits per heavy atom. The summed E-state index contributed by atoms with van der Waals surface area (Å²) in [4.78, 5) is 0. The molecule has 2 aromatic rings. The van der Waals surface area contributed by atoms with Gasteiger partial charge < -0.3 is 14.8 Å². The number of benzene rings is 2. The number of piperidine rings is 1. The summed E-state index contributed by atoms with van der Waals surface area (Å²) in [6.07, 6.45) is 2.58. The molecule has 1 fully saturated rings. The molecular weight excluding hydrogens is 250 g/mol. The summed E-state index contributed by atoms with van der Waals surface area (Å²) >= 11 is 0. The number of para-hydroxylation sites is 1. The van der Waals surface area contributed by atoms with Crippen LogP contribution in [0.15, 0.2) is 54.6 Å². The normalized spacial score (nSPS) is 18.5. The highest BCUT2D eigenvalue weighted by Crippen LogP contribution is 2.24. The van der Waals surface area contributed by atoms with Gasteiger partial charge in [-0.05, 0) is 55.8 Å². The quantitative estimate of drug-likeness (QED) is 0.919. The Balaban J connectivity index is 1.59. The molecule has 3 heteroatoms. The Labute approximate surface area is 119 Å². The number of rotatable bonds is 4. The summed E-state index contributed by atoms with van der Waals surface area (Å²) in [5.41, 5.74) is 0. The van der Waals surface area contributed by atoms with E-state index in [1.54, 1.807) is 0 Å². The summed E-state index contributed by atoms with van der Waals surface area (Å²) in [5, 5.41) is 3.35. The molecule has 3 nitrogen and oxygen atoms in total. The van der Waals surface area contributed by atoms with E-state index in [4.69, 9.17) is 9.47 Å². The van der Waals surface area contributed by atoms with E-state index in [2.05, 4.69) is 5.32 Å². The van der Waals surface area contributed by atoms with Gasteiger partial charge in [0.2, 0.25) is 0 Å². The molecule has 1 saturated heterocycles. The maximum Gasteiger partial charge on any atom is 0.127 e. The fraction of sp³-hybridized carbons (Fsp3) is 0.294. The van der Waals surface area contributed by atoms with Crippen molar-refractivity contribution in [2.24, 2.45) is 0 Å². The van der Waals surface area contributed by atoms with Crippen LogP contribution in [0.4, 0.5) is 0 Å². The predicted molar refractivity (Wildman–Crippen MR) is 79.5 cm³/mol. The molecule has 0 radical (unpaired) electrons. The smallest absolute Gasteiger partial charge is 0.127 e. The van der Waals surface area contributed by atoms with Crippen molar-refractivity contribution in [3.8, 4) is 17.2 Å². The second kappa shape index (κ2) is 6.44. The van der Waals surface area contributed by atoms with Gasteiger partial charge in [0.1, 0.15) is 23.4 Å². The molecule has 2 aromatic carbocycles. The van der Waals surface area contributed by atoms with Gasteiger partial charge in [-0.15, -0.1) is 0 Å². The SMILES string of the molecule is c1ccc(Oc2ccc(O[C@@H]3CCCNC3)cc2)cc1. The van der Waals surface area contributed by atoms with Gasteiger partial charge in [-0.1, -0.05) is 18.2 Å². The molecule has 1 atom stereocenters. The van der Waals surface area contributed by atoms with Crippen LogP contribution in [0.3, 0.4) is 0 Å². The first kappa shape index (κ1) is 13.0. The Kier molecular flexibility index (Phi) is 4.19. The predicted octanol–water partition coefficient (Wildman–Crippen LogP) is 3.61. The molecule has 0 amide bonds. The maximum atomic E-state index is 5.94. The van der Waals surface area contributed by atoms with Crippen LogP contribution in [0.5, 0.6) is 17.2 Å². The second-order valence-electron chi connectivity index (χ2n) is 4.97. The molecule has 0 aromatic heterocycles. The molecule has 0 aliphatic carbocycles. The van der Waals surface area contributed by atoms with Gasteiger partial charge in [-0.25, -0.2) is 0 Å². The van der Waals surface area contributed by atoms with E-state index in [9.17, 15) is 0 Å². The van der Waals surface area contributed by atoms with Crippen LogP contribution in [0, 0.1) is 0 Å². The molecule has 3 rings (SSSR count). The Bertz CT molecular complexity index is 518. The lowest BCUT2D eigenvalue weighted by Crippen LogP contribution is -2.37. The van der Waals surface area contributed by atoms with Crippen LogP contribution >= 0.6 is 0 Å². The van der Waals surface area contributed by atoms with E-state index >= 15 is 0 Å². The molecule has 0 unspecified atom stereocenters. The highest BCUT2D eigenvalue weighted by atomic mass is 16.5. The van der Waals surface area contributed by atoms with Crippen LogP contribution < -0.4 is 14.8 Å². The van der Waals surface area contributed by atoms with Gasteiger partial charge >= 0.3 is 0 Å². The van der Waals surface area contributed by atoms with E-state index in [-0.39, 0.29) is 6.10 Å². The van der Waals surface area contributed by atoms with Crippen molar-refractivity contribution in [3.63, 3.8) is 0 Å². The van der Waals surface area contributed by atoms with Gasteiger partial charge in [0, 0.05) is 6.54 Å². The summed E-state index contributed by atoms with van der Waals surface area (Å²) in [5.74, 6) is 2.57. The zero-order chi connectivity index (χ0) is 13.6. The lowest BCUT2D eigenvalue weighted by atomic mass is 10.1. The average Bonchev–Trinajstić information content (AvgIpc) is 2.51. The van der Waals surface area contributed by atoms with Gasteiger partial charge in [-0.2, -0.15) is 0 Å². The summed E-state index contributed by atoms with van der Waals surface area (Å²) in [7, 11) is 0. The lowest BCUT2D eigenvalue weighted by molar-refractivity contribution is 0.167. The minimum Gasteiger partial charge on any atom is -0.489 e. The number of hydrogen-bond donors (Lipinski definition) is 1. The van der Waals surface area contributed by atoms with E-state index < -0.39 is 0 Å². The molecule has 1 N–H and O–H groups in total. The zero-order valence-corrected chi connectivity index (χ0v) is 11.4. The van der Waals surface area contributed by atoms with E-state index in [1.165, 1.54) is 6.42 Å². The van der Waals surface area contributed by atoms with Crippen molar-refractivity contribution in [3.05, 3.63) is 54.6 Å². The third-order valence-corrected chi connectivity index (χ3v) is 3.36. The first-order chi connectivity index (χ1) is 9.90. The third kappa shape index (κ3) is 3.52. The molecule has 20 heavy (non-hydrogen) atoms. The van der Waals surface area contributed by atoms with Crippen LogP contribution in [0.2, 0.25) is 0 Å². The molecule has 0 spiro atoms. The molecule has 1 aliphatic heterocycles. The van der Waals surface area contributed by atoms with Crippen molar-refractivity contribution in [1.82, 2.24) is 5.32 Å². The molecule has 1 aliphatic rings. The molecule has 0 saturated carbocycles. The van der Waals surface area contributed by atoms with Crippen molar-refractivity contribution in [1.29, 1.82) is 0 Å². The first-order valence-electron chi connectivity index (χ1n) is 7.10. The van der Waals surface area contributed by atoms with Crippen LogP contribution in [0.25, 0.3) is 0 Å². The van der Waals surface area contributed by atoms with Crippen molar-refractivity contribution in [2.75, 3.05) is 13.1 Å². The van der Waals surface area contributed by atoms with Crippen molar-refractivity contribution < 1.29 is 9.47 Å². The van der Waals surface area contributed by atoms with Crippen molar-refractivity contribution >= 4 is 0 Å². The molecule has 0 bridgehead atoms. The molecule has 104 valence electrons. The van der Waals surface area contributed by atoms with E-state index in [1.807, 2.05) is 54.6 Å². The van der Waals surface area contributed by atoms with Crippen molar-refractivity contribution in [2.45, 2.75) is 18.9 Å². The van der Waals surface area contributed by atoms with Gasteiger partial charge in [0.25, 0.3) is 0 Å². The lowest BCUT2D eigenvalue weighted by Gasteiger charge is -2.23. The second-order valence-corrected chi connectivity index (χ2v) is 4.97. The monoisotopic (exact) mass is 269 g/mol. The van der Waals surface area contributed by atoms with Gasteiger partial charge in [0.15, 0.2) is 0 Å². The number of ether oxygens (including phenoxy) is 2. The number of hydrogen-bond acceptors (Lipinski definition) is 3. The minimum atomic E-state index is 0.282. The number of nitrogens with one attached hydrogen (secondary N) is 1. The van der Waals surface area contributed by atoms with Crippen LogP contribution in [-0.4, -0.2) is 19.2 Å². The average molecular weight is 269 g/mol. The molecular formula is C17H19NO2. The van der Waals surface area contributed by atoms with E-state index in [0.29, 0.717) is 0 Å². The Hall–Kier alpha value is -2.00. The van der Waals surface area contributed by atoms with Crippen LogP contribution in [0.1, 0.15) is 12.8 Å². The maximum absolute atomic E-state index is 5.94. The summed E-state index contributed by atoms with van der Waals surface area (Å²) < 4.78 is 11.7. The largest absolute Gasteiger partial charge is 0.489 e. The zero-order valence-electron chi connectivity index (χ0n) is 11.4. The minimum absolute atomic E-state index is 0.282. The topological polar surface area (TPSA) is 30.5 Å². The Morgan fingerprint density at radius 2 is 1.55 bits per heavy atom. The van der Waals surface area contributed by atoms with Gasteiger partial charge in [0.05, 0.1) is 0 Å². The van der Waals surface area contributed by atoms with Crippen LogP contribution in [-0.2, 0) is 0 Å². The third-order valence-electron chi connectivity index (χ3n) is 3.36. The summed E-state index contributed by atoms with van der Waals surface area (Å²) in [6.45, 7) is 2.03.